The normalized spacial score (nSPS) is 11.8. The molecular weight excluding hydrogens is 449 g/mol. The first kappa shape index (κ1) is 21.5. The molecule has 0 bridgehead atoms. The van der Waals surface area contributed by atoms with Crippen molar-refractivity contribution in [3.63, 3.8) is 0 Å². The predicted molar refractivity (Wildman–Crippen MR) is 105 cm³/mol. The Bertz CT molecular complexity index is 1050. The maximum Gasteiger partial charge on any atom is 0.417 e. The lowest BCUT2D eigenvalue weighted by Crippen LogP contribution is -2.23. The van der Waals surface area contributed by atoms with Crippen LogP contribution in [0.3, 0.4) is 0 Å². The third-order valence-corrected chi connectivity index (χ3v) is 5.88. The lowest BCUT2D eigenvalue weighted by Gasteiger charge is -2.08. The maximum atomic E-state index is 12.7. The van der Waals surface area contributed by atoms with E-state index in [1.54, 1.807) is 0 Å². The van der Waals surface area contributed by atoms with E-state index in [9.17, 15) is 18.0 Å². The van der Waals surface area contributed by atoms with Crippen LogP contribution in [0.25, 0.3) is 5.82 Å². The molecule has 3 aromatic rings. The van der Waals surface area contributed by atoms with Gasteiger partial charge >= 0.3 is 6.18 Å². The summed E-state index contributed by atoms with van der Waals surface area (Å²) in [7, 11) is 0. The minimum absolute atomic E-state index is 0.0717. The van der Waals surface area contributed by atoms with Gasteiger partial charge in [0.15, 0.2) is 10.2 Å². The molecule has 29 heavy (non-hydrogen) atoms. The summed E-state index contributed by atoms with van der Waals surface area (Å²) in [6.07, 6.45) is -2.56. The highest BCUT2D eigenvalue weighted by atomic mass is 35.5. The van der Waals surface area contributed by atoms with Gasteiger partial charge in [0.1, 0.15) is 5.02 Å². The highest BCUT2D eigenvalue weighted by Gasteiger charge is 2.30. The molecule has 0 spiro atoms. The number of nitrogens with one attached hydrogen (secondary N) is 1. The molecule has 0 atom stereocenters. The Hall–Kier alpha value is -2.18. The molecule has 13 heteroatoms. The maximum absolute atomic E-state index is 12.7. The van der Waals surface area contributed by atoms with Crippen molar-refractivity contribution in [1.29, 1.82) is 0 Å². The highest BCUT2D eigenvalue weighted by molar-refractivity contribution is 8.01. The summed E-state index contributed by atoms with van der Waals surface area (Å²) in [5.41, 5.74) is -1.63. The van der Waals surface area contributed by atoms with Gasteiger partial charge in [0.25, 0.3) is 5.56 Å². The summed E-state index contributed by atoms with van der Waals surface area (Å²) in [6.45, 7) is 4.88. The quantitative estimate of drug-likeness (QED) is 0.582. The Balaban J connectivity index is 1.80. The SMILES string of the molecule is CC(C)CNc1nnc(Sc2cnn(-c3ccc(C(F)(F)F)cn3)c(=O)c2Cl)s1. The van der Waals surface area contributed by atoms with Crippen molar-refractivity contribution in [2.75, 3.05) is 11.9 Å². The molecule has 0 saturated heterocycles. The summed E-state index contributed by atoms with van der Waals surface area (Å²) in [6, 6.07) is 1.87. The molecule has 0 aliphatic rings. The third-order valence-electron chi connectivity index (χ3n) is 3.44. The molecule has 154 valence electrons. The second-order valence-electron chi connectivity index (χ2n) is 6.19. The second-order valence-corrected chi connectivity index (χ2v) is 8.84. The standard InChI is InChI=1S/C16H14ClF3N6OS2/c1-8(2)5-22-14-24-25-15(29-14)28-10-7-23-26(13(27)12(10)17)11-4-3-9(6-21-11)16(18,19)20/h3-4,6-8H,5H2,1-2H3,(H,22,24). The van der Waals surface area contributed by atoms with E-state index < -0.39 is 17.3 Å². The molecular formula is C16H14ClF3N6OS2. The van der Waals surface area contributed by atoms with Gasteiger partial charge in [0.05, 0.1) is 16.7 Å². The third kappa shape index (κ3) is 5.25. The van der Waals surface area contributed by atoms with Crippen molar-refractivity contribution in [2.45, 2.75) is 29.3 Å². The van der Waals surface area contributed by atoms with E-state index >= 15 is 0 Å². The van der Waals surface area contributed by atoms with Gasteiger partial charge in [-0.2, -0.15) is 23.0 Å². The largest absolute Gasteiger partial charge is 0.417 e. The molecule has 1 N–H and O–H groups in total. The molecule has 0 unspecified atom stereocenters. The van der Waals surface area contributed by atoms with Crippen molar-refractivity contribution < 1.29 is 13.2 Å². The van der Waals surface area contributed by atoms with E-state index in [-0.39, 0.29) is 10.8 Å². The van der Waals surface area contributed by atoms with Gasteiger partial charge in [-0.1, -0.05) is 48.5 Å². The van der Waals surface area contributed by atoms with Crippen molar-refractivity contribution in [3.05, 3.63) is 45.5 Å². The number of hydrogen-bond donors (Lipinski definition) is 1. The van der Waals surface area contributed by atoms with Crippen LogP contribution in [-0.4, -0.2) is 31.5 Å². The zero-order valence-electron chi connectivity index (χ0n) is 15.1. The number of nitrogens with zero attached hydrogens (tertiary/aromatic N) is 5. The molecule has 3 rings (SSSR count). The van der Waals surface area contributed by atoms with E-state index in [2.05, 4.69) is 39.4 Å². The highest BCUT2D eigenvalue weighted by Crippen LogP contribution is 2.34. The summed E-state index contributed by atoms with van der Waals surface area (Å²) in [4.78, 5) is 16.5. The average molecular weight is 463 g/mol. The van der Waals surface area contributed by atoms with Crippen molar-refractivity contribution in [1.82, 2.24) is 25.0 Å². The van der Waals surface area contributed by atoms with Crippen LogP contribution in [0, 0.1) is 5.92 Å². The van der Waals surface area contributed by atoms with E-state index in [4.69, 9.17) is 11.6 Å². The van der Waals surface area contributed by atoms with Crippen LogP contribution in [-0.2, 0) is 6.18 Å². The van der Waals surface area contributed by atoms with Gasteiger partial charge in [-0.05, 0) is 18.1 Å². The molecule has 7 nitrogen and oxygen atoms in total. The Morgan fingerprint density at radius 2 is 2.03 bits per heavy atom. The van der Waals surface area contributed by atoms with Crippen molar-refractivity contribution in [2.24, 2.45) is 5.92 Å². The van der Waals surface area contributed by atoms with Crippen LogP contribution in [0.1, 0.15) is 19.4 Å². The zero-order valence-corrected chi connectivity index (χ0v) is 17.5. The molecule has 0 aliphatic carbocycles. The number of hydrogen-bond acceptors (Lipinski definition) is 8. The van der Waals surface area contributed by atoms with Crippen LogP contribution in [0.15, 0.2) is 38.6 Å². The minimum Gasteiger partial charge on any atom is -0.360 e. The number of alkyl halides is 3. The Morgan fingerprint density at radius 3 is 2.66 bits per heavy atom. The van der Waals surface area contributed by atoms with Gasteiger partial charge in [-0.15, -0.1) is 10.2 Å². The first-order chi connectivity index (χ1) is 13.6. The van der Waals surface area contributed by atoms with Gasteiger partial charge in [-0.25, -0.2) is 4.98 Å². The summed E-state index contributed by atoms with van der Waals surface area (Å²) >= 11 is 8.58. The first-order valence-corrected chi connectivity index (χ1v) is 10.2. The summed E-state index contributed by atoms with van der Waals surface area (Å²) in [5, 5.41) is 15.7. The number of pyridine rings is 1. The van der Waals surface area contributed by atoms with Gasteiger partial charge in [-0.3, -0.25) is 4.79 Å². The lowest BCUT2D eigenvalue weighted by molar-refractivity contribution is -0.137. The number of rotatable bonds is 6. The number of halogens is 4. The second kappa shape index (κ2) is 8.67. The molecule has 0 aromatic carbocycles. The Morgan fingerprint density at radius 1 is 1.28 bits per heavy atom. The zero-order chi connectivity index (χ0) is 21.2. The van der Waals surface area contributed by atoms with Gasteiger partial charge < -0.3 is 5.32 Å². The van der Waals surface area contributed by atoms with E-state index in [1.807, 2.05) is 0 Å². The fourth-order valence-electron chi connectivity index (χ4n) is 2.04. The predicted octanol–water partition coefficient (Wildman–Crippen LogP) is 4.37. The van der Waals surface area contributed by atoms with Crippen molar-refractivity contribution in [3.8, 4) is 5.82 Å². The van der Waals surface area contributed by atoms with Crippen LogP contribution in [0.5, 0.6) is 0 Å². The molecule has 3 aromatic heterocycles. The Kier molecular flexibility index (Phi) is 6.44. The van der Waals surface area contributed by atoms with Crippen LogP contribution in [0.2, 0.25) is 5.02 Å². The minimum atomic E-state index is -4.52. The van der Waals surface area contributed by atoms with Crippen molar-refractivity contribution >= 4 is 39.8 Å². The smallest absolute Gasteiger partial charge is 0.360 e. The molecule has 0 radical (unpaired) electrons. The fraction of sp³-hybridized carbons (Fsp3) is 0.312. The lowest BCUT2D eigenvalue weighted by atomic mass is 10.2. The van der Waals surface area contributed by atoms with Crippen LogP contribution < -0.4 is 10.9 Å². The average Bonchev–Trinajstić information content (AvgIpc) is 3.11. The van der Waals surface area contributed by atoms with E-state index in [0.29, 0.717) is 26.5 Å². The number of aromatic nitrogens is 5. The molecule has 3 heterocycles. The number of anilines is 1. The Labute approximate surface area is 176 Å². The first-order valence-electron chi connectivity index (χ1n) is 8.22. The molecule has 0 saturated carbocycles. The summed E-state index contributed by atoms with van der Waals surface area (Å²) < 4.78 is 39.4. The van der Waals surface area contributed by atoms with Crippen LogP contribution >= 0.6 is 34.7 Å². The molecule has 0 amide bonds. The van der Waals surface area contributed by atoms with Crippen LogP contribution in [0.4, 0.5) is 18.3 Å². The topological polar surface area (TPSA) is 85.6 Å². The fourth-order valence-corrected chi connectivity index (χ4v) is 3.99. The monoisotopic (exact) mass is 462 g/mol. The van der Waals surface area contributed by atoms with Gasteiger partial charge in [0, 0.05) is 12.7 Å². The summed E-state index contributed by atoms with van der Waals surface area (Å²) in [5.74, 6) is 0.373. The van der Waals surface area contributed by atoms with E-state index in [0.717, 1.165) is 35.1 Å². The van der Waals surface area contributed by atoms with Gasteiger partial charge in [0.2, 0.25) is 5.13 Å². The van der Waals surface area contributed by atoms with E-state index in [1.165, 1.54) is 17.5 Å². The molecule has 0 aliphatic heterocycles. The molecule has 0 fully saturated rings.